The molecule has 0 N–H and O–H groups in total. The Balaban J connectivity index is 1.23. The molecule has 2 aliphatic carbocycles. The fourth-order valence-electron chi connectivity index (χ4n) is 13.6. The summed E-state index contributed by atoms with van der Waals surface area (Å²) in [5, 5.41) is 2.44. The summed E-state index contributed by atoms with van der Waals surface area (Å²) in [6.07, 6.45) is 7.25. The van der Waals surface area contributed by atoms with Gasteiger partial charge in [0.05, 0.1) is 5.69 Å². The van der Waals surface area contributed by atoms with Gasteiger partial charge in [-0.15, -0.1) is 0 Å². The van der Waals surface area contributed by atoms with Crippen molar-refractivity contribution < 1.29 is 4.42 Å². The van der Waals surface area contributed by atoms with Crippen molar-refractivity contribution in [3.05, 3.63) is 130 Å². The molecule has 1 aromatic heterocycles. The quantitative estimate of drug-likeness (QED) is 0.162. The van der Waals surface area contributed by atoms with Gasteiger partial charge in [0.15, 0.2) is 0 Å². The van der Waals surface area contributed by atoms with E-state index in [0.29, 0.717) is 0 Å². The molecule has 330 valence electrons. The monoisotopic (exact) mass is 855 g/mol. The van der Waals surface area contributed by atoms with Crippen molar-refractivity contribution in [1.29, 1.82) is 0 Å². The maximum atomic E-state index is 7.20. The molecule has 0 spiro atoms. The number of hydrogen-bond donors (Lipinski definition) is 0. The highest BCUT2D eigenvalue weighted by molar-refractivity contribution is 6.93. The summed E-state index contributed by atoms with van der Waals surface area (Å²) in [5.41, 5.74) is 24.0. The third kappa shape index (κ3) is 5.55. The molecule has 65 heavy (non-hydrogen) atoms. The Hall–Kier alpha value is -5.22. The molecule has 0 radical (unpaired) electrons. The second-order valence-electron chi connectivity index (χ2n) is 24.9. The van der Waals surface area contributed by atoms with E-state index >= 15 is 0 Å². The Bertz CT molecular complexity index is 3190. The number of nitrogens with zero attached hydrogens (tertiary/aromatic N) is 2. The van der Waals surface area contributed by atoms with Gasteiger partial charge in [-0.05, 0) is 165 Å². The summed E-state index contributed by atoms with van der Waals surface area (Å²) in [6.45, 7) is 31.5. The lowest BCUT2D eigenvalue weighted by atomic mass is 9.42. The molecule has 4 heterocycles. The first-order chi connectivity index (χ1) is 30.6. The van der Waals surface area contributed by atoms with Crippen molar-refractivity contribution in [3.63, 3.8) is 0 Å². The van der Waals surface area contributed by atoms with E-state index in [2.05, 4.69) is 197 Å². The first kappa shape index (κ1) is 41.2. The zero-order valence-electron chi connectivity index (χ0n) is 41.4. The van der Waals surface area contributed by atoms with Crippen LogP contribution in [0.3, 0.4) is 0 Å². The highest BCUT2D eigenvalue weighted by atomic mass is 16.3. The van der Waals surface area contributed by atoms with Crippen LogP contribution in [-0.4, -0.2) is 12.4 Å². The second-order valence-corrected chi connectivity index (χ2v) is 24.9. The van der Waals surface area contributed by atoms with Crippen LogP contribution in [0.25, 0.3) is 44.2 Å². The molecule has 5 aliphatic rings. The molecule has 12 rings (SSSR count). The number of hydrogen-bond acceptors (Lipinski definition) is 3. The smallest absolute Gasteiger partial charge is 0.329 e. The zero-order valence-corrected chi connectivity index (χ0v) is 41.4. The molecular formula is C61H67BN2O. The topological polar surface area (TPSA) is 19.6 Å². The molecule has 7 aromatic rings. The number of aryl methyl sites for hydroxylation is 1. The molecule has 0 bridgehead atoms. The molecule has 3 aliphatic heterocycles. The molecule has 2 atom stereocenters. The summed E-state index contributed by atoms with van der Waals surface area (Å²) in [7, 11) is 0. The minimum Gasteiger partial charge on any atom is -0.456 e. The maximum absolute atomic E-state index is 7.20. The van der Waals surface area contributed by atoms with Crippen molar-refractivity contribution in [2.75, 3.05) is 9.71 Å². The van der Waals surface area contributed by atoms with Gasteiger partial charge in [-0.3, -0.25) is 0 Å². The van der Waals surface area contributed by atoms with Crippen LogP contribution in [0.15, 0.2) is 101 Å². The van der Waals surface area contributed by atoms with Gasteiger partial charge in [0.25, 0.3) is 0 Å². The van der Waals surface area contributed by atoms with Crippen molar-refractivity contribution in [1.82, 2.24) is 0 Å². The van der Waals surface area contributed by atoms with Crippen LogP contribution >= 0.6 is 0 Å². The molecule has 0 amide bonds. The number of anilines is 4. The van der Waals surface area contributed by atoms with E-state index in [1.54, 1.807) is 5.56 Å². The van der Waals surface area contributed by atoms with Gasteiger partial charge < -0.3 is 14.1 Å². The Labute approximate surface area is 388 Å². The van der Waals surface area contributed by atoms with Crippen molar-refractivity contribution in [3.8, 4) is 22.3 Å². The minimum absolute atomic E-state index is 0.00960. The summed E-state index contributed by atoms with van der Waals surface area (Å²) < 4.78 is 7.20. The summed E-state index contributed by atoms with van der Waals surface area (Å²) in [4.78, 5) is 5.65. The molecule has 0 saturated heterocycles. The summed E-state index contributed by atoms with van der Waals surface area (Å²) in [5.74, 6) is 0. The first-order valence-electron chi connectivity index (χ1n) is 24.8. The predicted molar refractivity (Wildman–Crippen MR) is 278 cm³/mol. The summed E-state index contributed by atoms with van der Waals surface area (Å²) >= 11 is 0. The van der Waals surface area contributed by atoms with Crippen LogP contribution in [0.1, 0.15) is 155 Å². The standard InChI is InChI=1S/C61H67BN2O/c1-36-27-43-44-30-39(57(5,6)7)31-47-55(44)64(61(13)24-18-17-23-60(47,61)12)62-48-35-53-42(41-32-45-46(34-52(41)65-53)59(10,11)26-25-58(45,8)9)33-50(48)63(51(28-36)54(43)62)49-22-21-38(56(2,3)4)29-40(49)37-19-15-14-16-20-37/h14-16,19-22,27-35H,17-18,23-26H2,1-13H3. The lowest BCUT2D eigenvalue weighted by molar-refractivity contribution is 0.199. The van der Waals surface area contributed by atoms with Crippen molar-refractivity contribution >= 4 is 62.5 Å². The molecule has 1 fully saturated rings. The number of benzene rings is 6. The van der Waals surface area contributed by atoms with Crippen LogP contribution < -0.4 is 20.6 Å². The van der Waals surface area contributed by atoms with Crippen molar-refractivity contribution in [2.45, 2.75) is 161 Å². The van der Waals surface area contributed by atoms with Gasteiger partial charge in [0.1, 0.15) is 11.2 Å². The van der Waals surface area contributed by atoms with Crippen molar-refractivity contribution in [2.24, 2.45) is 0 Å². The van der Waals surface area contributed by atoms with E-state index < -0.39 is 0 Å². The molecule has 2 unspecified atom stereocenters. The lowest BCUT2D eigenvalue weighted by Gasteiger charge is -2.55. The SMILES string of the molecule is Cc1cc2c3c(c1)N(c1ccc(C(C)(C)C)cc1-c1ccccc1)c1cc4c(cc1B3N1c3c-2cc(C(C)(C)C)cc3C2(C)CCCCC12C)oc1cc2c(cc14)C(C)(C)CCC2(C)C. The lowest BCUT2D eigenvalue weighted by Crippen LogP contribution is -2.70. The highest BCUT2D eigenvalue weighted by Gasteiger charge is 2.63. The van der Waals surface area contributed by atoms with E-state index in [1.165, 1.54) is 133 Å². The average Bonchev–Trinajstić information content (AvgIpc) is 3.71. The average molecular weight is 855 g/mol. The number of furan rings is 1. The van der Waals surface area contributed by atoms with E-state index in [0.717, 1.165) is 11.2 Å². The molecule has 1 saturated carbocycles. The second kappa shape index (κ2) is 13.0. The van der Waals surface area contributed by atoms with E-state index in [4.69, 9.17) is 4.42 Å². The highest BCUT2D eigenvalue weighted by Crippen LogP contribution is 2.64. The fraction of sp³-hybridized carbons (Fsp3) is 0.410. The van der Waals surface area contributed by atoms with Gasteiger partial charge in [-0.2, -0.15) is 0 Å². The van der Waals surface area contributed by atoms with Gasteiger partial charge in [0.2, 0.25) is 0 Å². The Morgan fingerprint density at radius 3 is 1.91 bits per heavy atom. The maximum Gasteiger partial charge on any atom is 0.329 e. The fourth-order valence-corrected chi connectivity index (χ4v) is 13.6. The van der Waals surface area contributed by atoms with Crippen LogP contribution in [-0.2, 0) is 27.1 Å². The minimum atomic E-state index is -0.0780. The molecule has 4 heteroatoms. The number of fused-ring (bicyclic) bond motifs is 11. The van der Waals surface area contributed by atoms with Crippen LogP contribution in [0, 0.1) is 6.92 Å². The molecule has 6 aromatic carbocycles. The molecule has 3 nitrogen and oxygen atoms in total. The van der Waals surface area contributed by atoms with Gasteiger partial charge >= 0.3 is 6.85 Å². The predicted octanol–water partition coefficient (Wildman–Crippen LogP) is 15.5. The Morgan fingerprint density at radius 1 is 0.554 bits per heavy atom. The van der Waals surface area contributed by atoms with E-state index in [9.17, 15) is 0 Å². The molecular weight excluding hydrogens is 787 g/mol. The normalized spacial score (nSPS) is 22.4. The summed E-state index contributed by atoms with van der Waals surface area (Å²) in [6, 6.07) is 38.7. The van der Waals surface area contributed by atoms with Gasteiger partial charge in [-0.1, -0.05) is 138 Å². The largest absolute Gasteiger partial charge is 0.456 e. The Kier molecular flexibility index (Phi) is 8.26. The third-order valence-corrected chi connectivity index (χ3v) is 17.8. The van der Waals surface area contributed by atoms with Crippen LogP contribution in [0.4, 0.5) is 22.7 Å². The van der Waals surface area contributed by atoms with E-state index in [-0.39, 0.29) is 39.5 Å². The number of rotatable bonds is 2. The first-order valence-corrected chi connectivity index (χ1v) is 24.8. The van der Waals surface area contributed by atoms with Gasteiger partial charge in [-0.25, -0.2) is 0 Å². The Morgan fingerprint density at radius 2 is 1.20 bits per heavy atom. The zero-order chi connectivity index (χ0) is 45.5. The van der Waals surface area contributed by atoms with Crippen LogP contribution in [0.2, 0.25) is 0 Å². The van der Waals surface area contributed by atoms with Gasteiger partial charge in [0, 0.05) is 49.9 Å². The third-order valence-electron chi connectivity index (χ3n) is 17.8. The van der Waals surface area contributed by atoms with E-state index in [1.807, 2.05) is 0 Å². The van der Waals surface area contributed by atoms with Crippen LogP contribution in [0.5, 0.6) is 0 Å².